The first-order valence-electron chi connectivity index (χ1n) is 5.55. The van der Waals surface area contributed by atoms with E-state index in [1.54, 1.807) is 0 Å². The molecule has 0 aromatic heterocycles. The Morgan fingerprint density at radius 3 is 1.28 bits per heavy atom. The summed E-state index contributed by atoms with van der Waals surface area (Å²) in [6, 6.07) is -1.64. The van der Waals surface area contributed by atoms with Crippen molar-refractivity contribution in [3.63, 3.8) is 0 Å². The van der Waals surface area contributed by atoms with Crippen molar-refractivity contribution in [1.29, 1.82) is 0 Å². The molecular weight excluding hydrogens is 244 g/mol. The molecule has 18 heavy (non-hydrogen) atoms. The van der Waals surface area contributed by atoms with Crippen LogP contribution in [-0.4, -0.2) is 57.7 Å². The minimum Gasteiger partial charge on any atom is -0.480 e. The van der Waals surface area contributed by atoms with Gasteiger partial charge in [-0.3, -0.25) is 9.59 Å². The lowest BCUT2D eigenvalue weighted by molar-refractivity contribution is -0.139. The van der Waals surface area contributed by atoms with Gasteiger partial charge in [0.2, 0.25) is 0 Å². The first kappa shape index (κ1) is 19.1. The molecule has 0 fully saturated rings. The van der Waals surface area contributed by atoms with Crippen LogP contribution in [0.2, 0.25) is 0 Å². The normalized spacial score (nSPS) is 13.1. The first-order chi connectivity index (χ1) is 8.36. The van der Waals surface area contributed by atoms with Crippen molar-refractivity contribution in [3.8, 4) is 0 Å². The van der Waals surface area contributed by atoms with Crippen LogP contribution in [0.1, 0.15) is 25.7 Å². The smallest absolute Gasteiger partial charge is 0.320 e. The zero-order valence-electron chi connectivity index (χ0n) is 10.2. The van der Waals surface area contributed by atoms with Gasteiger partial charge in [-0.25, -0.2) is 0 Å². The maximum Gasteiger partial charge on any atom is 0.320 e. The average Bonchev–Trinajstić information content (AvgIpc) is 2.33. The minimum absolute atomic E-state index is 0.000972. The van der Waals surface area contributed by atoms with Crippen LogP contribution in [-0.2, 0) is 9.59 Å². The van der Waals surface area contributed by atoms with Crippen LogP contribution in [0.15, 0.2) is 0 Å². The fourth-order valence-electron chi connectivity index (χ4n) is 0.869. The minimum atomic E-state index is -1.01. The maximum absolute atomic E-state index is 10.00. The van der Waals surface area contributed by atoms with Gasteiger partial charge < -0.3 is 31.9 Å². The zero-order valence-corrected chi connectivity index (χ0v) is 10.2. The summed E-state index contributed by atoms with van der Waals surface area (Å²) in [6.07, 6.45) is 1.58. The van der Waals surface area contributed by atoms with E-state index >= 15 is 0 Å². The monoisotopic (exact) mass is 266 g/mol. The number of carboxylic acids is 2. The summed E-state index contributed by atoms with van der Waals surface area (Å²) in [5.41, 5.74) is 10.2. The molecule has 0 aliphatic heterocycles. The summed E-state index contributed by atoms with van der Waals surface area (Å²) < 4.78 is 0. The SMILES string of the molecule is NC(CCCO)C(=O)O.NC(CCCO)C(=O)O. The van der Waals surface area contributed by atoms with Gasteiger partial charge in [0, 0.05) is 13.2 Å². The highest BCUT2D eigenvalue weighted by molar-refractivity contribution is 5.73. The lowest BCUT2D eigenvalue weighted by Crippen LogP contribution is -2.29. The van der Waals surface area contributed by atoms with Gasteiger partial charge in [0.05, 0.1) is 0 Å². The molecule has 0 bridgehead atoms. The number of aliphatic carboxylic acids is 2. The standard InChI is InChI=1S/2C5H11NO3/c2*6-4(5(8)9)2-1-3-7/h2*4,7H,1-3,6H2,(H,8,9). The third-order valence-corrected chi connectivity index (χ3v) is 1.98. The second-order valence-electron chi connectivity index (χ2n) is 3.62. The summed E-state index contributed by atoms with van der Waals surface area (Å²) in [5.74, 6) is -2.02. The van der Waals surface area contributed by atoms with Gasteiger partial charge in [-0.2, -0.15) is 0 Å². The van der Waals surface area contributed by atoms with Crippen molar-refractivity contribution < 1.29 is 30.0 Å². The van der Waals surface area contributed by atoms with E-state index in [1.807, 2.05) is 0 Å². The molecule has 8 heteroatoms. The molecule has 0 rings (SSSR count). The number of nitrogens with two attached hydrogens (primary N) is 2. The van der Waals surface area contributed by atoms with Crippen molar-refractivity contribution in [3.05, 3.63) is 0 Å². The van der Waals surface area contributed by atoms with Crippen LogP contribution in [0.5, 0.6) is 0 Å². The lowest BCUT2D eigenvalue weighted by Gasteiger charge is -2.02. The quantitative estimate of drug-likeness (QED) is 0.303. The highest BCUT2D eigenvalue weighted by Gasteiger charge is 2.09. The molecule has 0 amide bonds. The Balaban J connectivity index is 0. The number of hydrogen-bond donors (Lipinski definition) is 6. The number of hydrogen-bond acceptors (Lipinski definition) is 6. The van der Waals surface area contributed by atoms with Crippen molar-refractivity contribution in [2.24, 2.45) is 11.5 Å². The van der Waals surface area contributed by atoms with E-state index in [2.05, 4.69) is 0 Å². The van der Waals surface area contributed by atoms with Crippen LogP contribution < -0.4 is 11.5 Å². The number of carboxylic acid groups (broad SMARTS) is 2. The Morgan fingerprint density at radius 1 is 0.833 bits per heavy atom. The fourth-order valence-corrected chi connectivity index (χ4v) is 0.869. The first-order valence-corrected chi connectivity index (χ1v) is 5.55. The Morgan fingerprint density at radius 2 is 1.11 bits per heavy atom. The molecule has 0 saturated carbocycles. The summed E-state index contributed by atoms with van der Waals surface area (Å²) >= 11 is 0. The predicted molar refractivity (Wildman–Crippen MR) is 63.9 cm³/mol. The largest absolute Gasteiger partial charge is 0.480 e. The molecule has 8 nitrogen and oxygen atoms in total. The molecule has 2 atom stereocenters. The van der Waals surface area contributed by atoms with Gasteiger partial charge in [-0.05, 0) is 25.7 Å². The molecule has 2 unspecified atom stereocenters. The van der Waals surface area contributed by atoms with Crippen molar-refractivity contribution >= 4 is 11.9 Å². The van der Waals surface area contributed by atoms with Crippen LogP contribution in [0.25, 0.3) is 0 Å². The summed E-state index contributed by atoms with van der Waals surface area (Å²) in [7, 11) is 0. The molecule has 0 heterocycles. The Bertz CT molecular complexity index is 212. The molecular formula is C10H22N2O6. The molecule has 0 spiro atoms. The van der Waals surface area contributed by atoms with Crippen LogP contribution in [0.4, 0.5) is 0 Å². The van der Waals surface area contributed by atoms with Gasteiger partial charge >= 0.3 is 11.9 Å². The van der Waals surface area contributed by atoms with Gasteiger partial charge in [0.1, 0.15) is 12.1 Å². The van der Waals surface area contributed by atoms with E-state index in [1.165, 1.54) is 0 Å². The molecule has 0 radical (unpaired) electrons. The van der Waals surface area contributed by atoms with Crippen LogP contribution >= 0.6 is 0 Å². The van der Waals surface area contributed by atoms with Gasteiger partial charge in [0.15, 0.2) is 0 Å². The molecule has 108 valence electrons. The van der Waals surface area contributed by atoms with E-state index in [-0.39, 0.29) is 13.2 Å². The lowest BCUT2D eigenvalue weighted by atomic mass is 10.2. The molecule has 0 aromatic carbocycles. The van der Waals surface area contributed by atoms with Crippen molar-refractivity contribution in [2.45, 2.75) is 37.8 Å². The topological polar surface area (TPSA) is 167 Å². The van der Waals surface area contributed by atoms with E-state index < -0.39 is 24.0 Å². The van der Waals surface area contributed by atoms with Gasteiger partial charge in [-0.15, -0.1) is 0 Å². The molecule has 0 saturated heterocycles. The predicted octanol–water partition coefficient (Wildman–Crippen LogP) is -1.66. The van der Waals surface area contributed by atoms with E-state index in [0.717, 1.165) is 0 Å². The maximum atomic E-state index is 10.00. The van der Waals surface area contributed by atoms with Gasteiger partial charge in [-0.1, -0.05) is 0 Å². The third kappa shape index (κ3) is 12.8. The Kier molecular flexibility index (Phi) is 13.0. The highest BCUT2D eigenvalue weighted by atomic mass is 16.4. The average molecular weight is 266 g/mol. The Hall–Kier alpha value is -1.22. The van der Waals surface area contributed by atoms with Crippen LogP contribution in [0.3, 0.4) is 0 Å². The number of aliphatic hydroxyl groups excluding tert-OH is 2. The molecule has 8 N–H and O–H groups in total. The number of aliphatic hydroxyl groups is 2. The van der Waals surface area contributed by atoms with E-state index in [0.29, 0.717) is 25.7 Å². The fraction of sp³-hybridized carbons (Fsp3) is 0.800. The Labute approximate surface area is 105 Å². The second kappa shape index (κ2) is 12.2. The zero-order chi connectivity index (χ0) is 14.6. The number of rotatable bonds is 8. The second-order valence-corrected chi connectivity index (χ2v) is 3.62. The summed E-state index contributed by atoms with van der Waals surface area (Å²) in [4.78, 5) is 20.0. The highest BCUT2D eigenvalue weighted by Crippen LogP contribution is 1.92. The van der Waals surface area contributed by atoms with E-state index in [4.69, 9.17) is 31.9 Å². The summed E-state index contributed by atoms with van der Waals surface area (Å²) in [6.45, 7) is 0.00194. The van der Waals surface area contributed by atoms with Crippen molar-refractivity contribution in [1.82, 2.24) is 0 Å². The molecule has 0 aliphatic rings. The molecule has 0 aromatic rings. The third-order valence-electron chi connectivity index (χ3n) is 1.98. The van der Waals surface area contributed by atoms with Gasteiger partial charge in [0.25, 0.3) is 0 Å². The molecule has 0 aliphatic carbocycles. The number of carbonyl (C=O) groups is 2. The van der Waals surface area contributed by atoms with Crippen LogP contribution in [0, 0.1) is 0 Å². The van der Waals surface area contributed by atoms with Crippen molar-refractivity contribution in [2.75, 3.05) is 13.2 Å². The summed E-state index contributed by atoms with van der Waals surface area (Å²) in [5, 5.41) is 32.9. The van der Waals surface area contributed by atoms with E-state index in [9.17, 15) is 9.59 Å².